The number of nitrogens with two attached hydrogens (primary N) is 1. The Balaban J connectivity index is 2.28. The third-order valence-electron chi connectivity index (χ3n) is 2.23. The maximum absolute atomic E-state index is 11.5. The molecule has 0 fully saturated rings. The summed E-state index contributed by atoms with van der Waals surface area (Å²) in [6, 6.07) is -0.468. The molecule has 0 aliphatic rings. The SMILES string of the molecule is Cc1noc(CCNC(=O)[C@@H](N)C(C)C)n1. The Kier molecular flexibility index (Phi) is 4.42. The molecule has 1 rings (SSSR count). The molecule has 0 bridgehead atoms. The minimum absolute atomic E-state index is 0.130. The van der Waals surface area contributed by atoms with Crippen LogP contribution in [0.15, 0.2) is 4.52 Å². The first-order valence-electron chi connectivity index (χ1n) is 5.33. The third kappa shape index (κ3) is 3.62. The topological polar surface area (TPSA) is 94.0 Å². The van der Waals surface area contributed by atoms with Crippen LogP contribution in [0, 0.1) is 12.8 Å². The fourth-order valence-corrected chi connectivity index (χ4v) is 1.15. The van der Waals surface area contributed by atoms with E-state index >= 15 is 0 Å². The van der Waals surface area contributed by atoms with Crippen molar-refractivity contribution in [1.82, 2.24) is 15.5 Å². The lowest BCUT2D eigenvalue weighted by atomic mass is 10.1. The molecule has 0 spiro atoms. The lowest BCUT2D eigenvalue weighted by Crippen LogP contribution is -2.44. The molecule has 1 aromatic rings. The van der Waals surface area contributed by atoms with Crippen LogP contribution in [-0.4, -0.2) is 28.6 Å². The van der Waals surface area contributed by atoms with Crippen LogP contribution >= 0.6 is 0 Å². The second kappa shape index (κ2) is 5.60. The Morgan fingerprint density at radius 3 is 2.75 bits per heavy atom. The van der Waals surface area contributed by atoms with E-state index in [2.05, 4.69) is 15.5 Å². The number of nitrogens with zero attached hydrogens (tertiary/aromatic N) is 2. The number of hydrogen-bond donors (Lipinski definition) is 2. The number of aromatic nitrogens is 2. The van der Waals surface area contributed by atoms with Gasteiger partial charge in [-0.25, -0.2) is 0 Å². The standard InChI is InChI=1S/C10H18N4O2/c1-6(2)9(11)10(15)12-5-4-8-13-7(3)14-16-8/h6,9H,4-5,11H2,1-3H3,(H,12,15)/t9-/m0/s1. The summed E-state index contributed by atoms with van der Waals surface area (Å²) >= 11 is 0. The van der Waals surface area contributed by atoms with Crippen molar-refractivity contribution in [2.45, 2.75) is 33.2 Å². The minimum atomic E-state index is -0.468. The monoisotopic (exact) mass is 226 g/mol. The Morgan fingerprint density at radius 1 is 1.56 bits per heavy atom. The molecule has 16 heavy (non-hydrogen) atoms. The average Bonchev–Trinajstić information content (AvgIpc) is 2.62. The van der Waals surface area contributed by atoms with E-state index in [-0.39, 0.29) is 11.8 Å². The van der Waals surface area contributed by atoms with Gasteiger partial charge in [0.15, 0.2) is 5.82 Å². The number of carbonyl (C=O) groups is 1. The largest absolute Gasteiger partial charge is 0.354 e. The van der Waals surface area contributed by atoms with Crippen LogP contribution in [0.5, 0.6) is 0 Å². The first-order valence-corrected chi connectivity index (χ1v) is 5.33. The molecular weight excluding hydrogens is 208 g/mol. The van der Waals surface area contributed by atoms with E-state index in [1.807, 2.05) is 13.8 Å². The molecule has 0 aromatic carbocycles. The molecule has 0 radical (unpaired) electrons. The predicted octanol–water partition coefficient (Wildman–Crippen LogP) is 0.0200. The van der Waals surface area contributed by atoms with Gasteiger partial charge in [0.1, 0.15) is 0 Å². The van der Waals surface area contributed by atoms with Crippen LogP contribution in [0.4, 0.5) is 0 Å². The molecular formula is C10H18N4O2. The Hall–Kier alpha value is -1.43. The van der Waals surface area contributed by atoms with Crippen LogP contribution in [0.25, 0.3) is 0 Å². The fourth-order valence-electron chi connectivity index (χ4n) is 1.15. The second-order valence-electron chi connectivity index (χ2n) is 4.05. The van der Waals surface area contributed by atoms with Crippen molar-refractivity contribution >= 4 is 5.91 Å². The summed E-state index contributed by atoms with van der Waals surface area (Å²) < 4.78 is 4.91. The summed E-state index contributed by atoms with van der Waals surface area (Å²) in [6.07, 6.45) is 0.525. The van der Waals surface area contributed by atoms with E-state index in [4.69, 9.17) is 10.3 Å². The summed E-state index contributed by atoms with van der Waals surface area (Å²) in [5.41, 5.74) is 5.68. The highest BCUT2D eigenvalue weighted by Gasteiger charge is 2.16. The highest BCUT2D eigenvalue weighted by atomic mass is 16.5. The molecule has 6 heteroatoms. The first-order chi connectivity index (χ1) is 7.50. The van der Waals surface area contributed by atoms with Crippen molar-refractivity contribution in [1.29, 1.82) is 0 Å². The normalized spacial score (nSPS) is 12.8. The van der Waals surface area contributed by atoms with Gasteiger partial charge in [-0.1, -0.05) is 19.0 Å². The van der Waals surface area contributed by atoms with Crippen LogP contribution in [-0.2, 0) is 11.2 Å². The summed E-state index contributed by atoms with van der Waals surface area (Å²) in [6.45, 7) is 6.03. The molecule has 1 heterocycles. The van der Waals surface area contributed by atoms with Gasteiger partial charge >= 0.3 is 0 Å². The molecule has 6 nitrogen and oxygen atoms in total. The smallest absolute Gasteiger partial charge is 0.237 e. The molecule has 90 valence electrons. The maximum atomic E-state index is 11.5. The summed E-state index contributed by atoms with van der Waals surface area (Å²) in [4.78, 5) is 15.5. The summed E-state index contributed by atoms with van der Waals surface area (Å²) in [5, 5.41) is 6.38. The van der Waals surface area contributed by atoms with Gasteiger partial charge in [0.25, 0.3) is 0 Å². The Morgan fingerprint density at radius 2 is 2.25 bits per heavy atom. The molecule has 0 aliphatic carbocycles. The number of carbonyl (C=O) groups excluding carboxylic acids is 1. The molecule has 0 saturated carbocycles. The van der Waals surface area contributed by atoms with E-state index in [0.717, 1.165) is 0 Å². The third-order valence-corrected chi connectivity index (χ3v) is 2.23. The van der Waals surface area contributed by atoms with Gasteiger partial charge < -0.3 is 15.6 Å². The van der Waals surface area contributed by atoms with Crippen molar-refractivity contribution in [2.24, 2.45) is 11.7 Å². The van der Waals surface area contributed by atoms with Gasteiger partial charge in [0, 0.05) is 13.0 Å². The van der Waals surface area contributed by atoms with Crippen LogP contribution < -0.4 is 11.1 Å². The first kappa shape index (κ1) is 12.6. The van der Waals surface area contributed by atoms with E-state index in [1.54, 1.807) is 6.92 Å². The van der Waals surface area contributed by atoms with Crippen molar-refractivity contribution in [3.63, 3.8) is 0 Å². The van der Waals surface area contributed by atoms with Gasteiger partial charge in [0.2, 0.25) is 11.8 Å². The van der Waals surface area contributed by atoms with Crippen molar-refractivity contribution in [2.75, 3.05) is 6.54 Å². The zero-order valence-corrected chi connectivity index (χ0v) is 9.86. The zero-order valence-electron chi connectivity index (χ0n) is 9.86. The van der Waals surface area contributed by atoms with Crippen LogP contribution in [0.1, 0.15) is 25.6 Å². The summed E-state index contributed by atoms with van der Waals surface area (Å²) in [7, 11) is 0. The Labute approximate surface area is 94.6 Å². The van der Waals surface area contributed by atoms with E-state index in [9.17, 15) is 4.79 Å². The van der Waals surface area contributed by atoms with Gasteiger partial charge in [-0.2, -0.15) is 4.98 Å². The molecule has 0 saturated heterocycles. The molecule has 3 N–H and O–H groups in total. The Bertz CT molecular complexity index is 348. The van der Waals surface area contributed by atoms with E-state index < -0.39 is 6.04 Å². The predicted molar refractivity (Wildman–Crippen MR) is 58.6 cm³/mol. The number of rotatable bonds is 5. The molecule has 1 atom stereocenters. The van der Waals surface area contributed by atoms with Crippen molar-refractivity contribution < 1.29 is 9.32 Å². The number of hydrogen-bond acceptors (Lipinski definition) is 5. The fraction of sp³-hybridized carbons (Fsp3) is 0.700. The van der Waals surface area contributed by atoms with Gasteiger partial charge in [-0.05, 0) is 12.8 Å². The second-order valence-corrected chi connectivity index (χ2v) is 4.05. The van der Waals surface area contributed by atoms with Gasteiger partial charge in [-0.3, -0.25) is 4.79 Å². The lowest BCUT2D eigenvalue weighted by molar-refractivity contribution is -0.123. The van der Waals surface area contributed by atoms with Crippen LogP contribution in [0.2, 0.25) is 0 Å². The lowest BCUT2D eigenvalue weighted by Gasteiger charge is -2.14. The number of amides is 1. The molecule has 0 aliphatic heterocycles. The minimum Gasteiger partial charge on any atom is -0.354 e. The van der Waals surface area contributed by atoms with E-state index in [0.29, 0.717) is 24.7 Å². The molecule has 0 unspecified atom stereocenters. The van der Waals surface area contributed by atoms with Crippen molar-refractivity contribution in [3.8, 4) is 0 Å². The number of aryl methyl sites for hydroxylation is 1. The highest BCUT2D eigenvalue weighted by Crippen LogP contribution is 1.99. The zero-order chi connectivity index (χ0) is 12.1. The average molecular weight is 226 g/mol. The quantitative estimate of drug-likeness (QED) is 0.738. The van der Waals surface area contributed by atoms with Crippen molar-refractivity contribution in [3.05, 3.63) is 11.7 Å². The van der Waals surface area contributed by atoms with Gasteiger partial charge in [-0.15, -0.1) is 0 Å². The van der Waals surface area contributed by atoms with E-state index in [1.165, 1.54) is 0 Å². The molecule has 1 aromatic heterocycles. The number of nitrogens with one attached hydrogen (secondary N) is 1. The maximum Gasteiger partial charge on any atom is 0.237 e. The van der Waals surface area contributed by atoms with Gasteiger partial charge in [0.05, 0.1) is 6.04 Å². The summed E-state index contributed by atoms with van der Waals surface area (Å²) in [5.74, 6) is 1.10. The van der Waals surface area contributed by atoms with Crippen LogP contribution in [0.3, 0.4) is 0 Å². The highest BCUT2D eigenvalue weighted by molar-refractivity contribution is 5.81. The molecule has 1 amide bonds.